The molecule has 2 aromatic rings. The Morgan fingerprint density at radius 3 is 2.25 bits per heavy atom. The van der Waals surface area contributed by atoms with Crippen LogP contribution in [0.4, 0.5) is 0 Å². The van der Waals surface area contributed by atoms with Crippen molar-refractivity contribution in [3.05, 3.63) is 47.3 Å². The standard InChI is InChI=1S/C14H14N4O2/c1-2-10-9-17(16-15-10)7-8-18-13(19)11-5-3-4-6-12(11)14(18)20/h3-6,9H,2,7-8H2,1H3. The molecule has 1 aromatic heterocycles. The highest BCUT2D eigenvalue weighted by molar-refractivity contribution is 6.21. The van der Waals surface area contributed by atoms with Crippen molar-refractivity contribution in [2.24, 2.45) is 0 Å². The van der Waals surface area contributed by atoms with E-state index < -0.39 is 0 Å². The Hall–Kier alpha value is -2.50. The Morgan fingerprint density at radius 2 is 1.70 bits per heavy atom. The normalized spacial score (nSPS) is 13.9. The number of benzene rings is 1. The predicted octanol–water partition coefficient (Wildman–Crippen LogP) is 1.14. The van der Waals surface area contributed by atoms with Crippen LogP contribution in [0.25, 0.3) is 0 Å². The van der Waals surface area contributed by atoms with Gasteiger partial charge in [0.2, 0.25) is 0 Å². The van der Waals surface area contributed by atoms with Gasteiger partial charge < -0.3 is 0 Å². The monoisotopic (exact) mass is 270 g/mol. The minimum Gasteiger partial charge on any atom is -0.272 e. The van der Waals surface area contributed by atoms with Gasteiger partial charge in [0.15, 0.2) is 0 Å². The van der Waals surface area contributed by atoms with Crippen molar-refractivity contribution in [2.75, 3.05) is 6.54 Å². The van der Waals surface area contributed by atoms with E-state index >= 15 is 0 Å². The number of fused-ring (bicyclic) bond motifs is 1. The van der Waals surface area contributed by atoms with Gasteiger partial charge in [-0.3, -0.25) is 19.2 Å². The molecule has 20 heavy (non-hydrogen) atoms. The van der Waals surface area contributed by atoms with E-state index in [0.29, 0.717) is 24.2 Å². The van der Waals surface area contributed by atoms with E-state index in [0.717, 1.165) is 12.1 Å². The van der Waals surface area contributed by atoms with Gasteiger partial charge >= 0.3 is 0 Å². The maximum atomic E-state index is 12.1. The molecule has 0 spiro atoms. The third kappa shape index (κ3) is 1.99. The second-order valence-corrected chi connectivity index (χ2v) is 4.63. The third-order valence-corrected chi connectivity index (χ3v) is 3.38. The summed E-state index contributed by atoms with van der Waals surface area (Å²) in [6.45, 7) is 2.76. The second kappa shape index (κ2) is 4.88. The number of amides is 2. The highest BCUT2D eigenvalue weighted by Gasteiger charge is 2.34. The summed E-state index contributed by atoms with van der Waals surface area (Å²) in [5.41, 5.74) is 1.85. The summed E-state index contributed by atoms with van der Waals surface area (Å²) in [5.74, 6) is -0.470. The average molecular weight is 270 g/mol. The number of imide groups is 1. The molecule has 1 aliphatic rings. The fourth-order valence-corrected chi connectivity index (χ4v) is 2.25. The summed E-state index contributed by atoms with van der Waals surface area (Å²) in [4.78, 5) is 25.6. The lowest BCUT2D eigenvalue weighted by Crippen LogP contribution is -2.33. The van der Waals surface area contributed by atoms with Crippen molar-refractivity contribution in [1.29, 1.82) is 0 Å². The maximum Gasteiger partial charge on any atom is 0.261 e. The summed E-state index contributed by atoms with van der Waals surface area (Å²) in [6.07, 6.45) is 2.64. The molecule has 0 radical (unpaired) electrons. The fourth-order valence-electron chi connectivity index (χ4n) is 2.25. The average Bonchev–Trinajstić information content (AvgIpc) is 3.03. The quantitative estimate of drug-likeness (QED) is 0.781. The van der Waals surface area contributed by atoms with Crippen molar-refractivity contribution in [3.63, 3.8) is 0 Å². The Labute approximate surface area is 116 Å². The highest BCUT2D eigenvalue weighted by atomic mass is 16.2. The number of hydrogen-bond donors (Lipinski definition) is 0. The van der Waals surface area contributed by atoms with Gasteiger partial charge in [-0.2, -0.15) is 0 Å². The molecule has 3 rings (SSSR count). The molecule has 1 aromatic carbocycles. The van der Waals surface area contributed by atoms with Crippen molar-refractivity contribution in [1.82, 2.24) is 19.9 Å². The lowest BCUT2D eigenvalue weighted by molar-refractivity contribution is 0.0647. The largest absolute Gasteiger partial charge is 0.272 e. The van der Waals surface area contributed by atoms with Gasteiger partial charge in [-0.25, -0.2) is 0 Å². The Balaban J connectivity index is 1.73. The lowest BCUT2D eigenvalue weighted by atomic mass is 10.1. The van der Waals surface area contributed by atoms with Crippen LogP contribution in [0, 0.1) is 0 Å². The third-order valence-electron chi connectivity index (χ3n) is 3.38. The first-order chi connectivity index (χ1) is 9.70. The molecule has 0 unspecified atom stereocenters. The van der Waals surface area contributed by atoms with Gasteiger partial charge in [-0.1, -0.05) is 24.3 Å². The molecule has 102 valence electrons. The number of nitrogens with zero attached hydrogens (tertiary/aromatic N) is 4. The summed E-state index contributed by atoms with van der Waals surface area (Å²) in [5, 5.41) is 7.95. The zero-order chi connectivity index (χ0) is 14.1. The summed E-state index contributed by atoms with van der Waals surface area (Å²) in [6, 6.07) is 6.89. The predicted molar refractivity (Wildman–Crippen MR) is 71.2 cm³/mol. The van der Waals surface area contributed by atoms with Gasteiger partial charge in [0.25, 0.3) is 11.8 Å². The number of hydrogen-bond acceptors (Lipinski definition) is 4. The fraction of sp³-hybridized carbons (Fsp3) is 0.286. The minimum absolute atomic E-state index is 0.235. The lowest BCUT2D eigenvalue weighted by Gasteiger charge is -2.13. The molecular weight excluding hydrogens is 256 g/mol. The second-order valence-electron chi connectivity index (χ2n) is 4.63. The van der Waals surface area contributed by atoms with E-state index in [1.165, 1.54) is 4.90 Å². The number of aryl methyl sites for hydroxylation is 1. The van der Waals surface area contributed by atoms with Gasteiger partial charge in [0, 0.05) is 12.7 Å². The highest BCUT2D eigenvalue weighted by Crippen LogP contribution is 2.22. The van der Waals surface area contributed by atoms with Gasteiger partial charge in [0.05, 0.1) is 23.4 Å². The summed E-state index contributed by atoms with van der Waals surface area (Å²) >= 11 is 0. The van der Waals surface area contributed by atoms with Gasteiger partial charge in [0.1, 0.15) is 0 Å². The van der Waals surface area contributed by atoms with Crippen LogP contribution in [0.5, 0.6) is 0 Å². The zero-order valence-electron chi connectivity index (χ0n) is 11.1. The zero-order valence-corrected chi connectivity index (χ0v) is 11.1. The molecule has 2 amide bonds. The van der Waals surface area contributed by atoms with E-state index in [1.807, 2.05) is 13.1 Å². The van der Waals surface area contributed by atoms with E-state index in [4.69, 9.17) is 0 Å². The summed E-state index contributed by atoms with van der Waals surface area (Å²) in [7, 11) is 0. The Bertz CT molecular complexity index is 642. The Kier molecular flexibility index (Phi) is 3.06. The minimum atomic E-state index is -0.235. The first-order valence-corrected chi connectivity index (χ1v) is 6.55. The van der Waals surface area contributed by atoms with Gasteiger partial charge in [-0.15, -0.1) is 5.10 Å². The first-order valence-electron chi connectivity index (χ1n) is 6.55. The number of carbonyl (C=O) groups is 2. The molecule has 0 saturated heterocycles. The number of aromatic nitrogens is 3. The number of carbonyl (C=O) groups excluding carboxylic acids is 2. The molecule has 0 aliphatic carbocycles. The SMILES string of the molecule is CCc1cn(CCN2C(=O)c3ccccc3C2=O)nn1. The Morgan fingerprint density at radius 1 is 1.05 bits per heavy atom. The molecule has 6 heteroatoms. The van der Waals surface area contributed by atoms with Crippen LogP contribution in [0.3, 0.4) is 0 Å². The molecule has 0 N–H and O–H groups in total. The van der Waals surface area contributed by atoms with Gasteiger partial charge in [-0.05, 0) is 18.6 Å². The van der Waals surface area contributed by atoms with Crippen LogP contribution in [-0.4, -0.2) is 38.3 Å². The van der Waals surface area contributed by atoms with E-state index in [9.17, 15) is 9.59 Å². The molecule has 0 atom stereocenters. The number of rotatable bonds is 4. The molecule has 0 saturated carbocycles. The van der Waals surface area contributed by atoms with Crippen LogP contribution < -0.4 is 0 Å². The topological polar surface area (TPSA) is 68.1 Å². The van der Waals surface area contributed by atoms with Crippen molar-refractivity contribution in [2.45, 2.75) is 19.9 Å². The molecule has 6 nitrogen and oxygen atoms in total. The molecule has 1 aliphatic heterocycles. The van der Waals surface area contributed by atoms with Crippen molar-refractivity contribution < 1.29 is 9.59 Å². The molecular formula is C14H14N4O2. The van der Waals surface area contributed by atoms with E-state index in [1.54, 1.807) is 28.9 Å². The van der Waals surface area contributed by atoms with Crippen molar-refractivity contribution >= 4 is 11.8 Å². The maximum absolute atomic E-state index is 12.1. The first kappa shape index (κ1) is 12.5. The van der Waals surface area contributed by atoms with Crippen molar-refractivity contribution in [3.8, 4) is 0 Å². The molecule has 0 fully saturated rings. The van der Waals surface area contributed by atoms with Crippen LogP contribution in [-0.2, 0) is 13.0 Å². The van der Waals surface area contributed by atoms with E-state index in [-0.39, 0.29) is 11.8 Å². The van der Waals surface area contributed by atoms with Crippen LogP contribution in [0.2, 0.25) is 0 Å². The van der Waals surface area contributed by atoms with E-state index in [2.05, 4.69) is 10.3 Å². The summed E-state index contributed by atoms with van der Waals surface area (Å²) < 4.78 is 1.66. The smallest absolute Gasteiger partial charge is 0.261 e. The van der Waals surface area contributed by atoms with Crippen LogP contribution in [0.15, 0.2) is 30.5 Å². The molecule has 2 heterocycles. The molecule has 0 bridgehead atoms. The van der Waals surface area contributed by atoms with Crippen LogP contribution >= 0.6 is 0 Å². The van der Waals surface area contributed by atoms with Crippen LogP contribution in [0.1, 0.15) is 33.3 Å².